The highest BCUT2D eigenvalue weighted by Gasteiger charge is 2.51. The Morgan fingerprint density at radius 1 is 0.408 bits per heavy atom. The Kier molecular flexibility index (Phi) is 23.8. The normalized spacial score (nSPS) is 22.6. The zero-order valence-corrected chi connectivity index (χ0v) is 69.7. The van der Waals surface area contributed by atoms with Crippen molar-refractivity contribution in [1.82, 2.24) is 94.4 Å². The number of carbonyl (C=O) groups is 4. The number of hydrogen-bond acceptors (Lipinski definition) is 22. The van der Waals surface area contributed by atoms with Gasteiger partial charge in [-0.05, 0) is 237 Å². The van der Waals surface area contributed by atoms with Crippen LogP contribution in [0.3, 0.4) is 0 Å². The van der Waals surface area contributed by atoms with Gasteiger partial charge in [-0.1, -0.05) is 30.3 Å². The number of aryl methyl sites for hydroxylation is 4. The molecule has 10 aliphatic rings. The summed E-state index contributed by atoms with van der Waals surface area (Å²) in [6.07, 6.45) is 33.5. The molecule has 6 saturated heterocycles. The Morgan fingerprint density at radius 2 is 0.900 bits per heavy atom. The molecule has 22 rings (SSSR count). The van der Waals surface area contributed by atoms with Crippen LogP contribution in [0, 0.1) is 57.2 Å². The molecule has 27 nitrogen and oxygen atoms in total. The zero-order chi connectivity index (χ0) is 82.5. The fourth-order valence-electron chi connectivity index (χ4n) is 18.4. The number of hydrogen-bond donors (Lipinski definition) is 2. The zero-order valence-electron chi connectivity index (χ0n) is 66.5. The molecule has 610 valence electrons. The number of fused-ring (bicyclic) bond motifs is 10. The second kappa shape index (κ2) is 35.7. The van der Waals surface area contributed by atoms with Crippen LogP contribution in [-0.2, 0) is 0 Å². The van der Waals surface area contributed by atoms with Crippen LogP contribution in [0.2, 0.25) is 0 Å². The standard InChI is InChI=1S/2C24H25N5O2.C22H19BrFN5O.C20H19BrN6O/c1-15-4-7-21(28-13-15)31-20-12-17-5-6-19(20)29(14-17)24(30)22-16(2)25-11-8-18(22)23-26-9-3-10-27-23;1-15-4-7-22(28-12-15)31-21-11-17-5-6-20(21)29(14-17)24(30)19-13-27-16(2)10-18(19)23-25-8-3-9-26-23;23-14-5-6-19(27-11-14)28-17-9-13-10-18(17)29(12-13)22(30)15-3-1-4-16(24)20(15)21-25-7-2-8-26-21;21-14-5-6-19(22-11-14)25-16-9-13-10-18(16)26(12-13)20(28)15-3-1-2-4-17(15)27-23-7-8-24-27/h3-4,7-11,13,17,19-20H,5-6,12,14H2,1-2H3;3-4,7-10,12-13,17,20-21H,5-6,11,14H2,1-2H3;1-8,11,13,17-18H,9-10,12H2,(H,27,28);1-8,11,13,16,18H,9-10,12H2,(H,22,25). The molecule has 4 saturated carbocycles. The summed E-state index contributed by atoms with van der Waals surface area (Å²) in [5, 5.41) is 15.4. The Morgan fingerprint density at radius 3 is 1.42 bits per heavy atom. The van der Waals surface area contributed by atoms with Crippen molar-refractivity contribution in [2.75, 3.05) is 36.8 Å². The highest BCUT2D eigenvalue weighted by molar-refractivity contribution is 9.10. The Balaban J connectivity index is 0.000000114. The Bertz CT molecular complexity index is 5590. The number of para-hydroxylation sites is 1. The predicted molar refractivity (Wildman–Crippen MR) is 454 cm³/mol. The third-order valence-electron chi connectivity index (χ3n) is 23.9. The van der Waals surface area contributed by atoms with E-state index in [1.807, 2.05) is 145 Å². The maximum atomic E-state index is 14.7. The van der Waals surface area contributed by atoms with Crippen molar-refractivity contribution < 1.29 is 33.0 Å². The van der Waals surface area contributed by atoms with Gasteiger partial charge in [-0.25, -0.2) is 54.2 Å². The van der Waals surface area contributed by atoms with Gasteiger partial charge in [0.15, 0.2) is 17.5 Å². The number of amides is 4. The minimum Gasteiger partial charge on any atom is -0.472 e. The van der Waals surface area contributed by atoms with Crippen molar-refractivity contribution in [2.45, 2.75) is 140 Å². The number of rotatable bonds is 16. The maximum absolute atomic E-state index is 14.7. The minimum absolute atomic E-state index is 0.0183. The van der Waals surface area contributed by atoms with Crippen LogP contribution in [0.25, 0.3) is 39.9 Å². The number of likely N-dealkylation sites (tertiary alicyclic amines) is 2. The third-order valence-corrected chi connectivity index (χ3v) is 24.9. The third kappa shape index (κ3) is 17.6. The van der Waals surface area contributed by atoms with Crippen LogP contribution in [0.4, 0.5) is 16.0 Å². The van der Waals surface area contributed by atoms with Crippen LogP contribution < -0.4 is 20.1 Å². The number of carbonyl (C=O) groups excluding carboxylic acids is 4. The van der Waals surface area contributed by atoms with Crippen LogP contribution >= 0.6 is 31.9 Å². The van der Waals surface area contributed by atoms with Crippen LogP contribution in [-0.4, -0.2) is 193 Å². The molecule has 4 amide bonds. The van der Waals surface area contributed by atoms with Gasteiger partial charge < -0.3 is 39.7 Å². The smallest absolute Gasteiger partial charge is 0.256 e. The van der Waals surface area contributed by atoms with E-state index in [0.29, 0.717) is 87.3 Å². The van der Waals surface area contributed by atoms with E-state index in [9.17, 15) is 23.6 Å². The molecule has 10 fully saturated rings. The van der Waals surface area contributed by atoms with Gasteiger partial charge >= 0.3 is 0 Å². The summed E-state index contributed by atoms with van der Waals surface area (Å²) in [6.45, 7) is 10.8. The van der Waals surface area contributed by atoms with Gasteiger partial charge in [-0.2, -0.15) is 15.0 Å². The Hall–Kier alpha value is -12.3. The summed E-state index contributed by atoms with van der Waals surface area (Å²) in [5.74, 6) is 5.27. The Labute approximate surface area is 710 Å². The van der Waals surface area contributed by atoms with Crippen LogP contribution in [0.15, 0.2) is 217 Å². The van der Waals surface area contributed by atoms with Crippen molar-refractivity contribution in [3.63, 3.8) is 0 Å². The molecular weight excluding hydrogens is 1650 g/mol. The molecule has 16 heterocycles. The fourth-order valence-corrected chi connectivity index (χ4v) is 18.9. The number of benzene rings is 2. The molecule has 120 heavy (non-hydrogen) atoms. The summed E-state index contributed by atoms with van der Waals surface area (Å²) in [4.78, 5) is 116. The number of nitrogens with zero attached hydrogens (tertiary/aromatic N) is 19. The van der Waals surface area contributed by atoms with Gasteiger partial charge in [0.1, 0.15) is 29.7 Å². The van der Waals surface area contributed by atoms with Crippen LogP contribution in [0.5, 0.6) is 11.8 Å². The van der Waals surface area contributed by atoms with E-state index in [1.54, 1.807) is 105 Å². The molecule has 0 radical (unpaired) electrons. The van der Waals surface area contributed by atoms with E-state index >= 15 is 0 Å². The molecular formula is C90H88Br2FN21O6. The molecule has 4 aliphatic carbocycles. The minimum atomic E-state index is -0.495. The fraction of sp³-hybridized carbons (Fsp3) is 0.333. The first-order valence-corrected chi connectivity index (χ1v) is 42.2. The monoisotopic (exact) mass is 1740 g/mol. The second-order valence-corrected chi connectivity index (χ2v) is 33.8. The number of ether oxygens (including phenoxy) is 2. The maximum Gasteiger partial charge on any atom is 0.256 e. The highest BCUT2D eigenvalue weighted by Crippen LogP contribution is 2.45. The van der Waals surface area contributed by atoms with Crippen molar-refractivity contribution in [2.24, 2.45) is 23.7 Å². The molecule has 12 atom stereocenters. The topological polar surface area (TPSA) is 309 Å². The lowest BCUT2D eigenvalue weighted by atomic mass is 9.77. The van der Waals surface area contributed by atoms with E-state index in [0.717, 1.165) is 132 Å². The van der Waals surface area contributed by atoms with Crippen molar-refractivity contribution in [3.05, 3.63) is 268 Å². The number of nitrogens with one attached hydrogen (secondary N) is 2. The number of anilines is 2. The predicted octanol–water partition coefficient (Wildman–Crippen LogP) is 14.5. The molecule has 2 N–H and O–H groups in total. The lowest BCUT2D eigenvalue weighted by Gasteiger charge is -2.49. The lowest BCUT2D eigenvalue weighted by Crippen LogP contribution is -2.59. The average molecular weight is 1740 g/mol. The molecule has 2 aromatic carbocycles. The van der Waals surface area contributed by atoms with Crippen molar-refractivity contribution in [3.8, 4) is 51.6 Å². The summed E-state index contributed by atoms with van der Waals surface area (Å²) < 4.78 is 29.1. The lowest BCUT2D eigenvalue weighted by molar-refractivity contribution is -0.0314. The van der Waals surface area contributed by atoms with Gasteiger partial charge in [0, 0.05) is 151 Å². The second-order valence-electron chi connectivity index (χ2n) is 31.9. The SMILES string of the molecule is Cc1ccc(OC2CC3CCC2N(C(=O)c2c(-c4ncccn4)ccnc2C)C3)nc1.Cc1ccc(OC2CC3CCC2N(C(=O)c2cnc(C)cc2-c2ncccn2)C3)nc1.O=C(c1cccc(F)c1-c1ncccn1)N1CC2CC(Nc3ccc(Br)cn3)C1C2.O=C(c1ccccc1-n1nccn1)N1CC2CC(Nc3ccc(Br)cn3)C1C2. The molecule has 30 heteroatoms. The largest absolute Gasteiger partial charge is 0.472 e. The van der Waals surface area contributed by atoms with Crippen LogP contribution in [0.1, 0.15) is 128 Å². The molecule has 12 aromatic rings. The van der Waals surface area contributed by atoms with Crippen molar-refractivity contribution in [1.29, 1.82) is 0 Å². The molecule has 10 aromatic heterocycles. The van der Waals surface area contributed by atoms with E-state index in [1.165, 1.54) is 10.9 Å². The number of halogens is 3. The first-order valence-electron chi connectivity index (χ1n) is 40.6. The number of aromatic nitrogens is 15. The van der Waals surface area contributed by atoms with Crippen molar-refractivity contribution >= 4 is 67.1 Å². The van der Waals surface area contributed by atoms with Gasteiger partial charge in [-0.15, -0.1) is 0 Å². The molecule has 8 bridgehead atoms. The summed E-state index contributed by atoms with van der Waals surface area (Å²) >= 11 is 6.81. The summed E-state index contributed by atoms with van der Waals surface area (Å²) in [5.41, 5.74) is 8.05. The van der Waals surface area contributed by atoms with Gasteiger partial charge in [0.25, 0.3) is 23.6 Å². The summed E-state index contributed by atoms with van der Waals surface area (Å²) in [6, 6.07) is 37.1. The van der Waals surface area contributed by atoms with E-state index in [4.69, 9.17) is 9.47 Å². The quantitative estimate of drug-likeness (QED) is 0.0908. The number of piperidine rings is 6. The van der Waals surface area contributed by atoms with Gasteiger partial charge in [-0.3, -0.25) is 29.1 Å². The van der Waals surface area contributed by atoms with Gasteiger partial charge in [0.05, 0.1) is 75.8 Å². The highest BCUT2D eigenvalue weighted by atomic mass is 79.9. The molecule has 0 spiro atoms. The first kappa shape index (κ1) is 80.1. The van der Waals surface area contributed by atoms with E-state index in [2.05, 4.69) is 112 Å². The molecule has 12 unspecified atom stereocenters. The summed E-state index contributed by atoms with van der Waals surface area (Å²) in [7, 11) is 0. The van der Waals surface area contributed by atoms with Gasteiger partial charge in [0.2, 0.25) is 11.8 Å². The number of pyridine rings is 6. The van der Waals surface area contributed by atoms with E-state index in [-0.39, 0.29) is 83.5 Å². The first-order chi connectivity index (χ1) is 58.5. The average Bonchev–Trinajstić information content (AvgIpc) is 1.45. The van der Waals surface area contributed by atoms with E-state index < -0.39 is 5.82 Å². The molecule has 6 aliphatic heterocycles.